The van der Waals surface area contributed by atoms with E-state index in [1.165, 1.54) is 5.56 Å². The van der Waals surface area contributed by atoms with Crippen LogP contribution in [0.2, 0.25) is 0 Å². The van der Waals surface area contributed by atoms with E-state index < -0.39 is 5.60 Å². The van der Waals surface area contributed by atoms with Crippen LogP contribution in [0.3, 0.4) is 0 Å². The Labute approximate surface area is 185 Å². The molecule has 4 rings (SSSR count). The molecule has 1 aliphatic carbocycles. The smallest absolute Gasteiger partial charge is 0.255 e. The van der Waals surface area contributed by atoms with Crippen LogP contribution >= 0.6 is 0 Å². The van der Waals surface area contributed by atoms with Crippen molar-refractivity contribution in [3.05, 3.63) is 53.3 Å². The van der Waals surface area contributed by atoms with Gasteiger partial charge in [-0.15, -0.1) is 0 Å². The number of benzene rings is 1. The lowest BCUT2D eigenvalue weighted by Crippen LogP contribution is -2.47. The number of hydrogen-bond acceptors (Lipinski definition) is 4. The number of amides is 1. The van der Waals surface area contributed by atoms with Crippen molar-refractivity contribution in [2.45, 2.75) is 76.7 Å². The quantitative estimate of drug-likeness (QED) is 0.676. The Morgan fingerprint density at radius 1 is 1.29 bits per heavy atom. The summed E-state index contributed by atoms with van der Waals surface area (Å²) in [6, 6.07) is 9.57. The first kappa shape index (κ1) is 21.8. The lowest BCUT2D eigenvalue weighted by atomic mass is 9.56. The maximum Gasteiger partial charge on any atom is 0.255 e. The zero-order chi connectivity index (χ0) is 22.1. The van der Waals surface area contributed by atoms with Gasteiger partial charge in [0.05, 0.1) is 23.6 Å². The fraction of sp³-hybridized carbons (Fsp3) is 0.538. The summed E-state index contributed by atoms with van der Waals surface area (Å²) in [5, 5.41) is 14.1. The summed E-state index contributed by atoms with van der Waals surface area (Å²) in [5.74, 6) is 1.05. The van der Waals surface area contributed by atoms with E-state index in [0.717, 1.165) is 62.1 Å². The van der Waals surface area contributed by atoms with Crippen molar-refractivity contribution in [2.75, 3.05) is 11.9 Å². The fourth-order valence-electron chi connectivity index (χ4n) is 5.81. The number of anilines is 1. The topological polar surface area (TPSA) is 71.5 Å². The number of aryl methyl sites for hydroxylation is 1. The Kier molecular flexibility index (Phi) is 6.07. The van der Waals surface area contributed by atoms with Crippen LogP contribution in [-0.2, 0) is 5.41 Å². The number of ether oxygens (including phenoxy) is 1. The fourth-order valence-corrected chi connectivity index (χ4v) is 5.81. The molecule has 0 radical (unpaired) electrons. The van der Waals surface area contributed by atoms with Gasteiger partial charge in [0.2, 0.25) is 0 Å². The summed E-state index contributed by atoms with van der Waals surface area (Å²) in [4.78, 5) is 17.1. The van der Waals surface area contributed by atoms with Gasteiger partial charge in [-0.2, -0.15) is 0 Å². The molecule has 5 heteroatoms. The third kappa shape index (κ3) is 4.08. The first-order valence-corrected chi connectivity index (χ1v) is 11.6. The predicted molar refractivity (Wildman–Crippen MR) is 123 cm³/mol. The summed E-state index contributed by atoms with van der Waals surface area (Å²) in [5.41, 5.74) is 2.74. The Hall–Kier alpha value is -2.40. The van der Waals surface area contributed by atoms with E-state index in [2.05, 4.69) is 30.2 Å². The summed E-state index contributed by atoms with van der Waals surface area (Å²) < 4.78 is 6.19. The van der Waals surface area contributed by atoms with Crippen LogP contribution in [0, 0.1) is 12.8 Å². The Bertz CT molecular complexity index is 959. The number of pyridine rings is 1. The highest BCUT2D eigenvalue weighted by Crippen LogP contribution is 2.55. The van der Waals surface area contributed by atoms with E-state index in [-0.39, 0.29) is 11.3 Å². The molecule has 31 heavy (non-hydrogen) atoms. The Morgan fingerprint density at radius 2 is 2.13 bits per heavy atom. The molecule has 1 aromatic carbocycles. The number of carbonyl (C=O) groups is 1. The Balaban J connectivity index is 1.63. The van der Waals surface area contributed by atoms with Crippen molar-refractivity contribution in [1.29, 1.82) is 0 Å². The second kappa shape index (κ2) is 8.62. The average Bonchev–Trinajstić information content (AvgIpc) is 2.91. The molecule has 0 bridgehead atoms. The van der Waals surface area contributed by atoms with Gasteiger partial charge in [-0.25, -0.2) is 0 Å². The monoisotopic (exact) mass is 422 g/mol. The van der Waals surface area contributed by atoms with Crippen LogP contribution in [0.1, 0.15) is 80.4 Å². The number of aromatic nitrogens is 1. The lowest BCUT2D eigenvalue weighted by molar-refractivity contribution is -0.0543. The number of nitrogens with zero attached hydrogens (tertiary/aromatic N) is 1. The third-order valence-corrected chi connectivity index (χ3v) is 7.55. The average molecular weight is 423 g/mol. The molecular weight excluding hydrogens is 388 g/mol. The number of aliphatic hydroxyl groups is 1. The van der Waals surface area contributed by atoms with Crippen molar-refractivity contribution in [3.8, 4) is 5.75 Å². The molecule has 0 saturated heterocycles. The van der Waals surface area contributed by atoms with Gasteiger partial charge in [-0.1, -0.05) is 26.3 Å². The largest absolute Gasteiger partial charge is 0.493 e. The lowest BCUT2D eigenvalue weighted by Gasteiger charge is -2.49. The highest BCUT2D eigenvalue weighted by molar-refractivity contribution is 6.04. The normalized spacial score (nSPS) is 27.4. The molecule has 1 aliphatic heterocycles. The second-order valence-electron chi connectivity index (χ2n) is 9.32. The molecule has 166 valence electrons. The molecular formula is C26H34N2O3. The van der Waals surface area contributed by atoms with Crippen LogP contribution in [0.15, 0.2) is 36.5 Å². The summed E-state index contributed by atoms with van der Waals surface area (Å²) >= 11 is 0. The molecule has 2 heterocycles. The van der Waals surface area contributed by atoms with Gasteiger partial charge in [-0.3, -0.25) is 9.78 Å². The SMILES string of the molecule is CCC[C@@]1(O)CC[C@@]2(CC)c3ccc(C(=O)Nc4cccnc4C)cc3OCC[C@H]2C1. The van der Waals surface area contributed by atoms with E-state index in [9.17, 15) is 9.90 Å². The number of rotatable bonds is 5. The van der Waals surface area contributed by atoms with Gasteiger partial charge in [0.25, 0.3) is 5.91 Å². The molecule has 0 spiro atoms. The van der Waals surface area contributed by atoms with E-state index in [0.29, 0.717) is 18.1 Å². The molecule has 1 saturated carbocycles. The first-order valence-electron chi connectivity index (χ1n) is 11.6. The molecule has 3 atom stereocenters. The highest BCUT2D eigenvalue weighted by atomic mass is 16.5. The van der Waals surface area contributed by atoms with Gasteiger partial charge in [0, 0.05) is 22.7 Å². The highest BCUT2D eigenvalue weighted by Gasteiger charge is 2.50. The van der Waals surface area contributed by atoms with Gasteiger partial charge in [0.15, 0.2) is 0 Å². The van der Waals surface area contributed by atoms with Crippen LogP contribution in [0.25, 0.3) is 0 Å². The molecule has 5 nitrogen and oxygen atoms in total. The van der Waals surface area contributed by atoms with Crippen molar-refractivity contribution >= 4 is 11.6 Å². The maximum atomic E-state index is 12.9. The van der Waals surface area contributed by atoms with E-state index >= 15 is 0 Å². The minimum Gasteiger partial charge on any atom is -0.493 e. The third-order valence-electron chi connectivity index (χ3n) is 7.55. The first-order chi connectivity index (χ1) is 14.9. The zero-order valence-electron chi connectivity index (χ0n) is 18.9. The summed E-state index contributed by atoms with van der Waals surface area (Å²) in [7, 11) is 0. The molecule has 1 fully saturated rings. The molecule has 2 N–H and O–H groups in total. The van der Waals surface area contributed by atoms with E-state index in [1.807, 2.05) is 31.2 Å². The molecule has 2 aromatic rings. The molecule has 1 aromatic heterocycles. The number of carbonyl (C=O) groups excluding carboxylic acids is 1. The van der Waals surface area contributed by atoms with Crippen LogP contribution < -0.4 is 10.1 Å². The molecule has 2 aliphatic rings. The van der Waals surface area contributed by atoms with Crippen molar-refractivity contribution in [3.63, 3.8) is 0 Å². The maximum absolute atomic E-state index is 12.9. The van der Waals surface area contributed by atoms with Gasteiger partial charge in [-0.05, 0) is 75.6 Å². The van der Waals surface area contributed by atoms with Crippen molar-refractivity contribution in [2.24, 2.45) is 5.92 Å². The van der Waals surface area contributed by atoms with Crippen LogP contribution in [-0.4, -0.2) is 28.2 Å². The van der Waals surface area contributed by atoms with Crippen LogP contribution in [0.5, 0.6) is 5.75 Å². The van der Waals surface area contributed by atoms with Gasteiger partial charge >= 0.3 is 0 Å². The van der Waals surface area contributed by atoms with E-state index in [1.54, 1.807) is 6.20 Å². The molecule has 1 amide bonds. The van der Waals surface area contributed by atoms with Gasteiger partial charge in [0.1, 0.15) is 5.75 Å². The predicted octanol–water partition coefficient (Wildman–Crippen LogP) is 5.40. The number of hydrogen-bond donors (Lipinski definition) is 2. The van der Waals surface area contributed by atoms with Crippen molar-refractivity contribution < 1.29 is 14.6 Å². The van der Waals surface area contributed by atoms with Crippen molar-refractivity contribution in [1.82, 2.24) is 4.98 Å². The standard InChI is InChI=1S/C26H34N2O3/c1-4-11-25(30)12-13-26(5-2)20(17-25)10-15-31-23-16-19(8-9-21(23)26)24(29)28-22-7-6-14-27-18(22)3/h6-9,14,16,20,30H,4-5,10-13,15,17H2,1-3H3,(H,28,29)/t20-,25+,26+/m0/s1. The van der Waals surface area contributed by atoms with E-state index in [4.69, 9.17) is 4.74 Å². The minimum absolute atomic E-state index is 0.000743. The second-order valence-corrected chi connectivity index (χ2v) is 9.32. The van der Waals surface area contributed by atoms with Gasteiger partial charge < -0.3 is 15.2 Å². The summed E-state index contributed by atoms with van der Waals surface area (Å²) in [6.45, 7) is 6.89. The van der Waals surface area contributed by atoms with Crippen LogP contribution in [0.4, 0.5) is 5.69 Å². The minimum atomic E-state index is -0.552. The number of fused-ring (bicyclic) bond motifs is 3. The molecule has 0 unspecified atom stereocenters. The summed E-state index contributed by atoms with van der Waals surface area (Å²) in [6.07, 6.45) is 8.15. The number of nitrogens with one attached hydrogen (secondary N) is 1. The zero-order valence-corrected chi connectivity index (χ0v) is 18.9. The Morgan fingerprint density at radius 3 is 2.87 bits per heavy atom.